The number of nitrogens with zero attached hydrogens (tertiary/aromatic N) is 2. The van der Waals surface area contributed by atoms with Crippen molar-refractivity contribution in [3.05, 3.63) is 12.3 Å². The minimum atomic E-state index is -0.989. The average molecular weight is 267 g/mol. The molecule has 106 valence electrons. The molecule has 0 radical (unpaired) electrons. The lowest BCUT2D eigenvalue weighted by atomic mass is 9.79. The quantitative estimate of drug-likeness (QED) is 0.792. The van der Waals surface area contributed by atoms with E-state index in [-0.39, 0.29) is 12.3 Å². The lowest BCUT2D eigenvalue weighted by Crippen LogP contribution is -2.34. The zero-order chi connectivity index (χ0) is 14.5. The first-order valence-corrected chi connectivity index (χ1v) is 6.54. The molecule has 0 atom stereocenters. The number of carboxylic acids is 1. The fraction of sp³-hybridized carbons (Fsp3) is 0.615. The van der Waals surface area contributed by atoms with Crippen molar-refractivity contribution in [3.63, 3.8) is 0 Å². The van der Waals surface area contributed by atoms with Gasteiger partial charge in [0.2, 0.25) is 5.91 Å². The molecule has 0 aliphatic carbocycles. The molecule has 0 saturated heterocycles. The zero-order valence-corrected chi connectivity index (χ0v) is 11.6. The van der Waals surface area contributed by atoms with Crippen molar-refractivity contribution in [2.75, 3.05) is 5.32 Å². The number of carboxylic acid groups (broad SMARTS) is 1. The van der Waals surface area contributed by atoms with Gasteiger partial charge in [-0.25, -0.2) is 0 Å². The van der Waals surface area contributed by atoms with Crippen LogP contribution in [-0.2, 0) is 16.1 Å². The number of aryl methyl sites for hydroxylation is 1. The van der Waals surface area contributed by atoms with Crippen LogP contribution in [0.25, 0.3) is 0 Å². The number of hydrogen-bond acceptors (Lipinski definition) is 3. The van der Waals surface area contributed by atoms with Crippen molar-refractivity contribution in [1.29, 1.82) is 0 Å². The molecule has 6 heteroatoms. The summed E-state index contributed by atoms with van der Waals surface area (Å²) < 4.78 is 1.69. The maximum Gasteiger partial charge on any atom is 0.310 e. The van der Waals surface area contributed by atoms with E-state index in [4.69, 9.17) is 0 Å². The number of aromatic nitrogens is 2. The number of anilines is 1. The van der Waals surface area contributed by atoms with Crippen LogP contribution in [0.1, 0.15) is 40.0 Å². The van der Waals surface area contributed by atoms with Gasteiger partial charge in [-0.15, -0.1) is 0 Å². The number of amides is 1. The third-order valence-corrected chi connectivity index (χ3v) is 3.54. The summed E-state index contributed by atoms with van der Waals surface area (Å²) in [5.41, 5.74) is -0.989. The van der Waals surface area contributed by atoms with Gasteiger partial charge in [-0.2, -0.15) is 5.10 Å². The Morgan fingerprint density at radius 1 is 1.37 bits per heavy atom. The van der Waals surface area contributed by atoms with Crippen LogP contribution in [0.5, 0.6) is 0 Å². The van der Waals surface area contributed by atoms with Gasteiger partial charge in [-0.1, -0.05) is 13.8 Å². The summed E-state index contributed by atoms with van der Waals surface area (Å²) in [6, 6.07) is 1.70. The summed E-state index contributed by atoms with van der Waals surface area (Å²) >= 11 is 0. The van der Waals surface area contributed by atoms with E-state index in [0.29, 0.717) is 18.7 Å². The Bertz CT molecular complexity index is 450. The maximum absolute atomic E-state index is 11.9. The van der Waals surface area contributed by atoms with Crippen LogP contribution in [0.4, 0.5) is 5.82 Å². The third-order valence-electron chi connectivity index (χ3n) is 3.54. The number of carbonyl (C=O) groups is 2. The Morgan fingerprint density at radius 2 is 2.00 bits per heavy atom. The average Bonchev–Trinajstić information content (AvgIpc) is 2.83. The monoisotopic (exact) mass is 267 g/mol. The van der Waals surface area contributed by atoms with Crippen molar-refractivity contribution in [2.45, 2.75) is 46.6 Å². The lowest BCUT2D eigenvalue weighted by Gasteiger charge is -2.25. The Balaban J connectivity index is 2.70. The van der Waals surface area contributed by atoms with Crippen molar-refractivity contribution < 1.29 is 14.7 Å². The van der Waals surface area contributed by atoms with E-state index in [9.17, 15) is 14.7 Å². The van der Waals surface area contributed by atoms with Crippen molar-refractivity contribution in [1.82, 2.24) is 9.78 Å². The van der Waals surface area contributed by atoms with Crippen LogP contribution in [0.3, 0.4) is 0 Å². The number of nitrogens with one attached hydrogen (secondary N) is 1. The molecule has 1 aromatic heterocycles. The Kier molecular flexibility index (Phi) is 5.09. The predicted molar refractivity (Wildman–Crippen MR) is 71.8 cm³/mol. The summed E-state index contributed by atoms with van der Waals surface area (Å²) in [5, 5.41) is 16.1. The summed E-state index contributed by atoms with van der Waals surface area (Å²) in [5.74, 6) is -0.780. The molecule has 19 heavy (non-hydrogen) atoms. The zero-order valence-electron chi connectivity index (χ0n) is 11.6. The maximum atomic E-state index is 11.9. The molecule has 1 heterocycles. The molecule has 0 fully saturated rings. The van der Waals surface area contributed by atoms with Crippen LogP contribution < -0.4 is 5.32 Å². The smallest absolute Gasteiger partial charge is 0.310 e. The highest BCUT2D eigenvalue weighted by Crippen LogP contribution is 2.31. The van der Waals surface area contributed by atoms with Gasteiger partial charge in [0.15, 0.2) is 5.82 Å². The minimum absolute atomic E-state index is 0.0334. The number of hydrogen-bond donors (Lipinski definition) is 2. The van der Waals surface area contributed by atoms with Crippen LogP contribution >= 0.6 is 0 Å². The summed E-state index contributed by atoms with van der Waals surface area (Å²) in [4.78, 5) is 23.2. The van der Waals surface area contributed by atoms with Gasteiger partial charge in [-0.05, 0) is 19.8 Å². The Hall–Kier alpha value is -1.85. The van der Waals surface area contributed by atoms with Gasteiger partial charge < -0.3 is 10.4 Å². The first-order valence-electron chi connectivity index (χ1n) is 6.54. The molecule has 6 nitrogen and oxygen atoms in total. The lowest BCUT2D eigenvalue weighted by molar-refractivity contribution is -0.151. The molecular formula is C13H21N3O3. The summed E-state index contributed by atoms with van der Waals surface area (Å²) in [6.45, 7) is 6.24. The topological polar surface area (TPSA) is 84.2 Å². The van der Waals surface area contributed by atoms with E-state index in [1.165, 1.54) is 0 Å². The van der Waals surface area contributed by atoms with Crippen LogP contribution in [0, 0.1) is 5.41 Å². The highest BCUT2D eigenvalue weighted by Gasteiger charge is 2.37. The van der Waals surface area contributed by atoms with E-state index in [2.05, 4.69) is 10.4 Å². The van der Waals surface area contributed by atoms with Crippen molar-refractivity contribution >= 4 is 17.7 Å². The molecule has 0 unspecified atom stereocenters. The van der Waals surface area contributed by atoms with Gasteiger partial charge >= 0.3 is 5.97 Å². The Morgan fingerprint density at radius 3 is 2.42 bits per heavy atom. The standard InChI is InChI=1S/C13H21N3O3/c1-4-13(5-2,12(18)19)9-11(17)14-10-7-8-16(6-3)15-10/h7-8H,4-6,9H2,1-3H3,(H,18,19)(H,14,15,17). The molecule has 1 amide bonds. The van der Waals surface area contributed by atoms with Gasteiger partial charge in [-0.3, -0.25) is 14.3 Å². The van der Waals surface area contributed by atoms with Crippen molar-refractivity contribution in [2.24, 2.45) is 5.41 Å². The van der Waals surface area contributed by atoms with E-state index >= 15 is 0 Å². The van der Waals surface area contributed by atoms with Gasteiger partial charge in [0.05, 0.1) is 5.41 Å². The first-order chi connectivity index (χ1) is 8.97. The minimum Gasteiger partial charge on any atom is -0.481 e. The molecule has 0 aliphatic heterocycles. The number of rotatable bonds is 7. The summed E-state index contributed by atoms with van der Waals surface area (Å²) in [7, 11) is 0. The largest absolute Gasteiger partial charge is 0.481 e. The third kappa shape index (κ3) is 3.56. The fourth-order valence-electron chi connectivity index (χ4n) is 1.98. The van der Waals surface area contributed by atoms with Gasteiger partial charge in [0.1, 0.15) is 0 Å². The van der Waals surface area contributed by atoms with Gasteiger partial charge in [0, 0.05) is 25.2 Å². The molecule has 0 spiro atoms. The van der Waals surface area contributed by atoms with Crippen LogP contribution in [0.2, 0.25) is 0 Å². The molecule has 1 aromatic rings. The second kappa shape index (κ2) is 6.36. The van der Waals surface area contributed by atoms with E-state index < -0.39 is 11.4 Å². The fourth-order valence-corrected chi connectivity index (χ4v) is 1.98. The molecule has 2 N–H and O–H groups in total. The van der Waals surface area contributed by atoms with Crippen LogP contribution in [-0.4, -0.2) is 26.8 Å². The van der Waals surface area contributed by atoms with Crippen LogP contribution in [0.15, 0.2) is 12.3 Å². The normalized spacial score (nSPS) is 11.3. The first kappa shape index (κ1) is 15.2. The molecule has 1 rings (SSSR count). The summed E-state index contributed by atoms with van der Waals surface area (Å²) in [6.07, 6.45) is 2.58. The molecule has 0 aromatic carbocycles. The number of aliphatic carboxylic acids is 1. The molecule has 0 saturated carbocycles. The second-order valence-corrected chi connectivity index (χ2v) is 4.57. The van der Waals surface area contributed by atoms with E-state index in [1.54, 1.807) is 30.8 Å². The van der Waals surface area contributed by atoms with E-state index in [0.717, 1.165) is 6.54 Å². The highest BCUT2D eigenvalue weighted by atomic mass is 16.4. The second-order valence-electron chi connectivity index (χ2n) is 4.57. The highest BCUT2D eigenvalue weighted by molar-refractivity contribution is 5.93. The predicted octanol–water partition coefficient (Wildman–Crippen LogP) is 2.12. The van der Waals surface area contributed by atoms with Gasteiger partial charge in [0.25, 0.3) is 0 Å². The van der Waals surface area contributed by atoms with E-state index in [1.807, 2.05) is 6.92 Å². The molecule has 0 aliphatic rings. The molecule has 0 bridgehead atoms. The van der Waals surface area contributed by atoms with Crippen molar-refractivity contribution in [3.8, 4) is 0 Å². The Labute approximate surface area is 112 Å². The number of carbonyl (C=O) groups excluding carboxylic acids is 1. The molecular weight excluding hydrogens is 246 g/mol. The SMILES string of the molecule is CCn1ccc(NC(=O)CC(CC)(CC)C(=O)O)n1.